The normalized spacial score (nSPS) is 18.3. The van der Waals surface area contributed by atoms with Gasteiger partial charge in [-0.25, -0.2) is 26.9 Å². The van der Waals surface area contributed by atoms with Gasteiger partial charge in [-0.2, -0.15) is 0 Å². The highest BCUT2D eigenvalue weighted by Gasteiger charge is 2.41. The van der Waals surface area contributed by atoms with Crippen LogP contribution >= 0.6 is 22.9 Å². The van der Waals surface area contributed by atoms with Crippen molar-refractivity contribution in [2.45, 2.75) is 43.0 Å². The van der Waals surface area contributed by atoms with Gasteiger partial charge in [0.15, 0.2) is 21.0 Å². The Morgan fingerprint density at radius 1 is 1.34 bits per heavy atom. The van der Waals surface area contributed by atoms with Gasteiger partial charge in [0, 0.05) is 23.8 Å². The summed E-state index contributed by atoms with van der Waals surface area (Å²) < 4.78 is 56.7. The standard InChI is InChI=1S/C19H19ClF2N6O2S2/c1-19(4-5-19)27-32(29,30)11-8-12(10-2-6-23-7-3-10)13-14(20)24-16(28(13)9-11)18-26-25-17(31-18)15(21)22/h2,8-9,15,23,27H,3-7H2,1H3. The van der Waals surface area contributed by atoms with Crippen molar-refractivity contribution >= 4 is 44.1 Å². The Hall–Kier alpha value is -1.99. The maximum absolute atomic E-state index is 13.2. The molecule has 2 N–H and O–H groups in total. The third-order valence-corrected chi connectivity index (χ3v) is 8.38. The molecule has 0 radical (unpaired) electrons. The van der Waals surface area contributed by atoms with Crippen molar-refractivity contribution < 1.29 is 17.2 Å². The fourth-order valence-corrected chi connectivity index (χ4v) is 6.09. The molecule has 0 amide bonds. The van der Waals surface area contributed by atoms with Crippen molar-refractivity contribution in [2.24, 2.45) is 0 Å². The number of aromatic nitrogens is 4. The number of sulfonamides is 1. The zero-order chi connectivity index (χ0) is 22.7. The predicted molar refractivity (Wildman–Crippen MR) is 117 cm³/mol. The fraction of sp³-hybridized carbons (Fsp3) is 0.421. The van der Waals surface area contributed by atoms with Crippen molar-refractivity contribution in [3.05, 3.63) is 34.1 Å². The van der Waals surface area contributed by atoms with Gasteiger partial charge in [0.1, 0.15) is 0 Å². The molecule has 1 aliphatic carbocycles. The van der Waals surface area contributed by atoms with Crippen LogP contribution in [0, 0.1) is 0 Å². The highest BCUT2D eigenvalue weighted by atomic mass is 35.5. The molecule has 170 valence electrons. The van der Waals surface area contributed by atoms with Crippen LogP contribution in [0.3, 0.4) is 0 Å². The molecule has 0 aromatic carbocycles. The molecule has 1 aliphatic heterocycles. The maximum atomic E-state index is 13.2. The van der Waals surface area contributed by atoms with Crippen LogP contribution in [-0.2, 0) is 10.0 Å². The molecule has 3 aromatic rings. The van der Waals surface area contributed by atoms with Crippen LogP contribution in [-0.4, -0.2) is 46.6 Å². The summed E-state index contributed by atoms with van der Waals surface area (Å²) in [6.45, 7) is 3.23. The van der Waals surface area contributed by atoms with Gasteiger partial charge in [-0.1, -0.05) is 29.0 Å². The molecule has 3 aromatic heterocycles. The van der Waals surface area contributed by atoms with E-state index < -0.39 is 27.0 Å². The largest absolute Gasteiger partial charge is 0.313 e. The van der Waals surface area contributed by atoms with Crippen molar-refractivity contribution in [3.8, 4) is 10.8 Å². The number of hydrogen-bond donors (Lipinski definition) is 2. The van der Waals surface area contributed by atoms with E-state index in [4.69, 9.17) is 11.6 Å². The summed E-state index contributed by atoms with van der Waals surface area (Å²) in [5, 5.41) is 10.4. The Bertz CT molecular complexity index is 1350. The van der Waals surface area contributed by atoms with E-state index in [0.717, 1.165) is 25.0 Å². The molecular formula is C19H19ClF2N6O2S2. The topological polar surface area (TPSA) is 101 Å². The van der Waals surface area contributed by atoms with Crippen molar-refractivity contribution in [1.82, 2.24) is 29.6 Å². The molecule has 0 saturated heterocycles. The monoisotopic (exact) mass is 500 g/mol. The summed E-state index contributed by atoms with van der Waals surface area (Å²) in [5.74, 6) is 0.167. The van der Waals surface area contributed by atoms with E-state index in [-0.39, 0.29) is 20.9 Å². The molecule has 1 fully saturated rings. The van der Waals surface area contributed by atoms with Gasteiger partial charge < -0.3 is 5.32 Å². The fourth-order valence-electron chi connectivity index (χ4n) is 3.64. The van der Waals surface area contributed by atoms with Gasteiger partial charge in [0.25, 0.3) is 6.43 Å². The Morgan fingerprint density at radius 2 is 2.12 bits per heavy atom. The van der Waals surface area contributed by atoms with Crippen molar-refractivity contribution in [3.63, 3.8) is 0 Å². The van der Waals surface area contributed by atoms with E-state index in [9.17, 15) is 17.2 Å². The van der Waals surface area contributed by atoms with Gasteiger partial charge in [-0.15, -0.1) is 10.2 Å². The first-order chi connectivity index (χ1) is 15.2. The Labute approximate surface area is 191 Å². The Kier molecular flexibility index (Phi) is 5.32. The van der Waals surface area contributed by atoms with Crippen LogP contribution < -0.4 is 10.0 Å². The summed E-state index contributed by atoms with van der Waals surface area (Å²) in [6, 6.07) is 1.60. The number of nitrogens with zero attached hydrogens (tertiary/aromatic N) is 4. The molecule has 4 heterocycles. The van der Waals surface area contributed by atoms with Gasteiger partial charge in [0.05, 0.1) is 10.4 Å². The quantitative estimate of drug-likeness (QED) is 0.535. The SMILES string of the molecule is CC1(NS(=O)(=O)c2cc(C3=CCNCC3)c3c(Cl)nc(-c4nnc(C(F)F)s4)n3c2)CC1. The third-order valence-electron chi connectivity index (χ3n) is 5.59. The number of fused-ring (bicyclic) bond motifs is 1. The lowest BCUT2D eigenvalue weighted by molar-refractivity contribution is 0.150. The van der Waals surface area contributed by atoms with E-state index in [2.05, 4.69) is 25.2 Å². The van der Waals surface area contributed by atoms with Gasteiger partial charge >= 0.3 is 0 Å². The lowest BCUT2D eigenvalue weighted by Crippen LogP contribution is -2.34. The molecule has 0 bridgehead atoms. The minimum Gasteiger partial charge on any atom is -0.313 e. The maximum Gasteiger partial charge on any atom is 0.291 e. The summed E-state index contributed by atoms with van der Waals surface area (Å²) in [6.07, 6.45) is 2.83. The van der Waals surface area contributed by atoms with Crippen LogP contribution in [0.2, 0.25) is 5.15 Å². The molecule has 0 atom stereocenters. The summed E-state index contributed by atoms with van der Waals surface area (Å²) >= 11 is 7.17. The Balaban J connectivity index is 1.74. The van der Waals surface area contributed by atoms with Gasteiger partial charge in [-0.3, -0.25) is 4.40 Å². The first-order valence-electron chi connectivity index (χ1n) is 9.94. The van der Waals surface area contributed by atoms with Crippen molar-refractivity contribution in [1.29, 1.82) is 0 Å². The second-order valence-electron chi connectivity index (χ2n) is 8.13. The predicted octanol–water partition coefficient (Wildman–Crippen LogP) is 3.65. The molecule has 0 spiro atoms. The first kappa shape index (κ1) is 21.8. The van der Waals surface area contributed by atoms with E-state index in [1.165, 1.54) is 10.6 Å². The molecule has 0 unspecified atom stereocenters. The summed E-state index contributed by atoms with van der Waals surface area (Å²) in [5.41, 5.74) is 1.61. The van der Waals surface area contributed by atoms with Crippen molar-refractivity contribution in [2.75, 3.05) is 13.1 Å². The first-order valence-corrected chi connectivity index (χ1v) is 12.6. The summed E-state index contributed by atoms with van der Waals surface area (Å²) in [7, 11) is -3.84. The van der Waals surface area contributed by atoms with Gasteiger partial charge in [0.2, 0.25) is 10.0 Å². The molecule has 1 saturated carbocycles. The molecule has 8 nitrogen and oxygen atoms in total. The third kappa shape index (κ3) is 3.94. The second kappa shape index (κ2) is 7.80. The van der Waals surface area contributed by atoms with E-state index in [0.29, 0.717) is 35.4 Å². The number of nitrogens with one attached hydrogen (secondary N) is 2. The number of imidazole rings is 1. The zero-order valence-electron chi connectivity index (χ0n) is 16.9. The van der Waals surface area contributed by atoms with Crippen LogP contribution in [0.1, 0.15) is 43.2 Å². The molecule has 5 rings (SSSR count). The Morgan fingerprint density at radius 3 is 2.75 bits per heavy atom. The highest BCUT2D eigenvalue weighted by molar-refractivity contribution is 7.89. The molecule has 32 heavy (non-hydrogen) atoms. The number of hydrogen-bond acceptors (Lipinski definition) is 7. The highest BCUT2D eigenvalue weighted by Crippen LogP contribution is 2.39. The lowest BCUT2D eigenvalue weighted by atomic mass is 10.0. The van der Waals surface area contributed by atoms with E-state index in [1.807, 2.05) is 13.0 Å². The van der Waals surface area contributed by atoms with Crippen LogP contribution in [0.25, 0.3) is 21.9 Å². The van der Waals surface area contributed by atoms with Gasteiger partial charge in [-0.05, 0) is 44.4 Å². The zero-order valence-corrected chi connectivity index (χ0v) is 19.3. The summed E-state index contributed by atoms with van der Waals surface area (Å²) in [4.78, 5) is 4.37. The number of alkyl halides is 2. The van der Waals surface area contributed by atoms with E-state index in [1.54, 1.807) is 6.07 Å². The minimum absolute atomic E-state index is 0.0430. The van der Waals surface area contributed by atoms with Crippen LogP contribution in [0.5, 0.6) is 0 Å². The smallest absolute Gasteiger partial charge is 0.291 e. The molecule has 2 aliphatic rings. The molecule has 13 heteroatoms. The number of rotatable bonds is 6. The average Bonchev–Trinajstić information content (AvgIpc) is 3.15. The second-order valence-corrected chi connectivity index (χ2v) is 11.2. The number of pyridine rings is 1. The van der Waals surface area contributed by atoms with Crippen LogP contribution in [0.15, 0.2) is 23.2 Å². The van der Waals surface area contributed by atoms with E-state index >= 15 is 0 Å². The number of halogens is 3. The molecular weight excluding hydrogens is 482 g/mol. The minimum atomic E-state index is -3.84. The van der Waals surface area contributed by atoms with Crippen LogP contribution in [0.4, 0.5) is 8.78 Å². The average molecular weight is 501 g/mol. The lowest BCUT2D eigenvalue weighted by Gasteiger charge is -2.18.